The summed E-state index contributed by atoms with van der Waals surface area (Å²) in [7, 11) is 3.59. The van der Waals surface area contributed by atoms with E-state index in [9.17, 15) is 0 Å². The number of rotatable bonds is 7. The highest BCUT2D eigenvalue weighted by Gasteiger charge is 2.47. The van der Waals surface area contributed by atoms with Gasteiger partial charge in [-0.2, -0.15) is 0 Å². The first-order valence-corrected chi connectivity index (χ1v) is 9.80. The molecule has 1 aromatic carbocycles. The van der Waals surface area contributed by atoms with E-state index < -0.39 is 0 Å². The zero-order chi connectivity index (χ0) is 16.9. The molecule has 0 radical (unpaired) electrons. The molecule has 1 saturated carbocycles. The Morgan fingerprint density at radius 3 is 2.08 bits per heavy atom. The van der Waals surface area contributed by atoms with Gasteiger partial charge in [-0.05, 0) is 30.5 Å². The molecule has 2 fully saturated rings. The number of hydrogen-bond donors (Lipinski definition) is 0. The molecular formula is C19H29BrN2O2. The summed E-state index contributed by atoms with van der Waals surface area (Å²) in [5.41, 5.74) is 1.37. The third-order valence-electron chi connectivity index (χ3n) is 5.43. The SMILES string of the molecule is COCCN1C(c2cccc(Br)c2)N(CCOC)[C@@H]2CCCC[C@H]21. The number of halogens is 1. The Bertz CT molecular complexity index is 504. The van der Waals surface area contributed by atoms with Crippen LogP contribution in [0.25, 0.3) is 0 Å². The fraction of sp³-hybridized carbons (Fsp3) is 0.684. The van der Waals surface area contributed by atoms with E-state index in [-0.39, 0.29) is 0 Å². The summed E-state index contributed by atoms with van der Waals surface area (Å²) in [5, 5.41) is 0. The van der Waals surface area contributed by atoms with Gasteiger partial charge in [0.15, 0.2) is 0 Å². The molecule has 0 aromatic heterocycles. The van der Waals surface area contributed by atoms with Gasteiger partial charge in [0.2, 0.25) is 0 Å². The van der Waals surface area contributed by atoms with E-state index >= 15 is 0 Å². The highest BCUT2D eigenvalue weighted by molar-refractivity contribution is 9.10. The summed E-state index contributed by atoms with van der Waals surface area (Å²) in [5.74, 6) is 0. The van der Waals surface area contributed by atoms with Crippen LogP contribution in [-0.2, 0) is 9.47 Å². The third-order valence-corrected chi connectivity index (χ3v) is 5.92. The molecule has 2 aliphatic rings. The molecule has 1 heterocycles. The maximum atomic E-state index is 5.41. The van der Waals surface area contributed by atoms with Crippen LogP contribution in [-0.4, -0.2) is 62.4 Å². The minimum atomic E-state index is 0.320. The van der Waals surface area contributed by atoms with Gasteiger partial charge in [-0.15, -0.1) is 0 Å². The molecule has 1 aliphatic carbocycles. The van der Waals surface area contributed by atoms with E-state index in [0.717, 1.165) is 30.8 Å². The minimum absolute atomic E-state index is 0.320. The zero-order valence-corrected chi connectivity index (χ0v) is 16.4. The van der Waals surface area contributed by atoms with Gasteiger partial charge in [-0.25, -0.2) is 0 Å². The summed E-state index contributed by atoms with van der Waals surface area (Å²) in [6.45, 7) is 3.54. The standard InChI is InChI=1S/C19H29BrN2O2/c1-23-12-10-21-17-8-3-4-9-18(17)22(11-13-24-2)19(21)15-6-5-7-16(20)14-15/h5-7,14,17-19H,3-4,8-13H2,1-2H3/t17-,18-/m1/s1. The molecule has 24 heavy (non-hydrogen) atoms. The van der Waals surface area contributed by atoms with Crippen LogP contribution in [0.15, 0.2) is 28.7 Å². The van der Waals surface area contributed by atoms with E-state index in [1.807, 2.05) is 0 Å². The minimum Gasteiger partial charge on any atom is -0.383 e. The van der Waals surface area contributed by atoms with Crippen molar-refractivity contribution >= 4 is 15.9 Å². The number of methoxy groups -OCH3 is 2. The second-order valence-corrected chi connectivity index (χ2v) is 7.72. The summed E-state index contributed by atoms with van der Waals surface area (Å²) >= 11 is 3.64. The molecule has 0 N–H and O–H groups in total. The summed E-state index contributed by atoms with van der Waals surface area (Å²) in [6.07, 6.45) is 5.59. The molecule has 5 heteroatoms. The third kappa shape index (κ3) is 3.86. The van der Waals surface area contributed by atoms with Crippen molar-refractivity contribution in [1.82, 2.24) is 9.80 Å². The molecule has 0 amide bonds. The second kappa shape index (κ2) is 8.77. The van der Waals surface area contributed by atoms with Gasteiger partial charge >= 0.3 is 0 Å². The molecule has 0 unspecified atom stereocenters. The Morgan fingerprint density at radius 1 is 1.00 bits per heavy atom. The number of ether oxygens (including phenoxy) is 2. The predicted octanol–water partition coefficient (Wildman–Crippen LogP) is 3.67. The number of hydrogen-bond acceptors (Lipinski definition) is 4. The average molecular weight is 397 g/mol. The molecule has 0 bridgehead atoms. The molecule has 3 rings (SSSR count). The summed E-state index contributed by atoms with van der Waals surface area (Å²) in [4.78, 5) is 5.34. The molecule has 1 aromatic rings. The van der Waals surface area contributed by atoms with E-state index in [1.165, 1.54) is 31.2 Å². The Hall–Kier alpha value is -0.460. The molecular weight excluding hydrogens is 368 g/mol. The average Bonchev–Trinajstić information content (AvgIpc) is 2.91. The van der Waals surface area contributed by atoms with Crippen molar-refractivity contribution in [2.24, 2.45) is 0 Å². The number of benzene rings is 1. The zero-order valence-electron chi connectivity index (χ0n) is 14.8. The number of fused-ring (bicyclic) bond motifs is 1. The van der Waals surface area contributed by atoms with Gasteiger partial charge in [-0.1, -0.05) is 40.9 Å². The Labute approximate surface area is 154 Å². The van der Waals surface area contributed by atoms with Gasteiger partial charge in [0.25, 0.3) is 0 Å². The van der Waals surface area contributed by atoms with Crippen molar-refractivity contribution in [3.8, 4) is 0 Å². The maximum absolute atomic E-state index is 5.41. The van der Waals surface area contributed by atoms with E-state index in [2.05, 4.69) is 50.0 Å². The van der Waals surface area contributed by atoms with Crippen molar-refractivity contribution in [2.45, 2.75) is 43.9 Å². The highest BCUT2D eigenvalue weighted by Crippen LogP contribution is 2.43. The molecule has 134 valence electrons. The van der Waals surface area contributed by atoms with Gasteiger partial charge < -0.3 is 9.47 Å². The second-order valence-electron chi connectivity index (χ2n) is 6.81. The maximum Gasteiger partial charge on any atom is 0.0894 e. The molecule has 4 nitrogen and oxygen atoms in total. The normalized spacial score (nSPS) is 26.0. The lowest BCUT2D eigenvalue weighted by molar-refractivity contribution is 0.0641. The molecule has 2 atom stereocenters. The first kappa shape index (κ1) is 18.3. The highest BCUT2D eigenvalue weighted by atomic mass is 79.9. The van der Waals surface area contributed by atoms with Crippen LogP contribution in [0.5, 0.6) is 0 Å². The summed E-state index contributed by atoms with van der Waals surface area (Å²) < 4.78 is 12.0. The van der Waals surface area contributed by atoms with E-state index in [4.69, 9.17) is 9.47 Å². The Kier molecular flexibility index (Phi) is 6.70. The van der Waals surface area contributed by atoms with Crippen LogP contribution in [0.3, 0.4) is 0 Å². The van der Waals surface area contributed by atoms with Crippen LogP contribution in [0, 0.1) is 0 Å². The fourth-order valence-electron chi connectivity index (χ4n) is 4.44. The van der Waals surface area contributed by atoms with Crippen molar-refractivity contribution in [3.63, 3.8) is 0 Å². The molecule has 1 aliphatic heterocycles. The van der Waals surface area contributed by atoms with Crippen molar-refractivity contribution in [1.29, 1.82) is 0 Å². The van der Waals surface area contributed by atoms with Crippen LogP contribution in [0.1, 0.15) is 37.4 Å². The van der Waals surface area contributed by atoms with E-state index in [1.54, 1.807) is 14.2 Å². The quantitative estimate of drug-likeness (QED) is 0.701. The Morgan fingerprint density at radius 2 is 1.58 bits per heavy atom. The van der Waals surface area contributed by atoms with Gasteiger partial charge in [-0.3, -0.25) is 9.80 Å². The first-order chi connectivity index (χ1) is 11.8. The van der Waals surface area contributed by atoms with Crippen LogP contribution < -0.4 is 0 Å². The largest absolute Gasteiger partial charge is 0.383 e. The lowest BCUT2D eigenvalue weighted by atomic mass is 9.90. The van der Waals surface area contributed by atoms with Crippen molar-refractivity contribution in [2.75, 3.05) is 40.5 Å². The van der Waals surface area contributed by atoms with Gasteiger partial charge in [0.05, 0.1) is 19.4 Å². The number of nitrogens with zero attached hydrogens (tertiary/aromatic N) is 2. The molecule has 1 saturated heterocycles. The van der Waals surface area contributed by atoms with Crippen LogP contribution >= 0.6 is 15.9 Å². The summed E-state index contributed by atoms with van der Waals surface area (Å²) in [6, 6.07) is 10.0. The topological polar surface area (TPSA) is 24.9 Å². The predicted molar refractivity (Wildman–Crippen MR) is 100 cm³/mol. The first-order valence-electron chi connectivity index (χ1n) is 9.01. The van der Waals surface area contributed by atoms with Crippen LogP contribution in [0.2, 0.25) is 0 Å². The van der Waals surface area contributed by atoms with Crippen LogP contribution in [0.4, 0.5) is 0 Å². The van der Waals surface area contributed by atoms with Crippen molar-refractivity contribution in [3.05, 3.63) is 34.3 Å². The lowest BCUT2D eigenvalue weighted by Gasteiger charge is -2.32. The molecule has 0 spiro atoms. The van der Waals surface area contributed by atoms with Gasteiger partial charge in [0, 0.05) is 43.9 Å². The monoisotopic (exact) mass is 396 g/mol. The van der Waals surface area contributed by atoms with Crippen molar-refractivity contribution < 1.29 is 9.47 Å². The van der Waals surface area contributed by atoms with Gasteiger partial charge in [0.1, 0.15) is 0 Å². The Balaban J connectivity index is 1.93. The smallest absolute Gasteiger partial charge is 0.0894 e. The lowest BCUT2D eigenvalue weighted by Crippen LogP contribution is -2.41. The van der Waals surface area contributed by atoms with E-state index in [0.29, 0.717) is 18.2 Å². The fourth-order valence-corrected chi connectivity index (χ4v) is 4.86.